The summed E-state index contributed by atoms with van der Waals surface area (Å²) in [6, 6.07) is 15.2. The van der Waals surface area contributed by atoms with Gasteiger partial charge in [-0.1, -0.05) is 24.3 Å². The van der Waals surface area contributed by atoms with Gasteiger partial charge in [0.2, 0.25) is 5.91 Å². The fourth-order valence-electron chi connectivity index (χ4n) is 3.26. The minimum atomic E-state index is -0.301. The molecule has 0 radical (unpaired) electrons. The minimum Gasteiger partial charge on any atom is -0.492 e. The van der Waals surface area contributed by atoms with Crippen LogP contribution in [0.4, 0.5) is 5.95 Å². The van der Waals surface area contributed by atoms with Crippen molar-refractivity contribution >= 4 is 17.6 Å². The molecule has 1 aromatic carbocycles. The SMILES string of the molecule is O=C(Nc1nc2nccc(-c3ccccn3)n2n1)C1COc2ccccc2C1. The average Bonchev–Trinajstić information content (AvgIpc) is 3.16. The Morgan fingerprint density at radius 3 is 2.86 bits per heavy atom. The number of carbonyl (C=O) groups is 1. The summed E-state index contributed by atoms with van der Waals surface area (Å²) in [4.78, 5) is 25.6. The summed E-state index contributed by atoms with van der Waals surface area (Å²) < 4.78 is 7.28. The second kappa shape index (κ2) is 6.73. The van der Waals surface area contributed by atoms with E-state index in [0.29, 0.717) is 18.8 Å². The second-order valence-electron chi connectivity index (χ2n) is 6.50. The average molecular weight is 372 g/mol. The van der Waals surface area contributed by atoms with Gasteiger partial charge in [0, 0.05) is 12.4 Å². The van der Waals surface area contributed by atoms with Crippen LogP contribution in [-0.2, 0) is 11.2 Å². The van der Waals surface area contributed by atoms with E-state index in [0.717, 1.165) is 22.7 Å². The number of nitrogens with zero attached hydrogens (tertiary/aromatic N) is 5. The van der Waals surface area contributed by atoms with Gasteiger partial charge >= 0.3 is 0 Å². The number of fused-ring (bicyclic) bond motifs is 2. The van der Waals surface area contributed by atoms with Crippen LogP contribution in [-0.4, -0.2) is 37.1 Å². The van der Waals surface area contributed by atoms with Gasteiger partial charge in [-0.05, 0) is 36.2 Å². The van der Waals surface area contributed by atoms with Crippen molar-refractivity contribution in [3.8, 4) is 17.1 Å². The Labute approximate surface area is 160 Å². The zero-order valence-electron chi connectivity index (χ0n) is 14.8. The Morgan fingerprint density at radius 2 is 1.96 bits per heavy atom. The van der Waals surface area contributed by atoms with Gasteiger partial charge in [-0.25, -0.2) is 4.98 Å². The largest absolute Gasteiger partial charge is 0.492 e. The number of hydrogen-bond donors (Lipinski definition) is 1. The number of carbonyl (C=O) groups excluding carboxylic acids is 1. The molecule has 8 heteroatoms. The maximum atomic E-state index is 12.7. The van der Waals surface area contributed by atoms with Crippen LogP contribution in [0.15, 0.2) is 60.9 Å². The molecule has 0 saturated carbocycles. The minimum absolute atomic E-state index is 0.176. The van der Waals surface area contributed by atoms with Gasteiger partial charge in [-0.15, -0.1) is 5.10 Å². The number of nitrogens with one attached hydrogen (secondary N) is 1. The number of benzene rings is 1. The summed E-state index contributed by atoms with van der Waals surface area (Å²) in [5.74, 6) is 0.958. The number of rotatable bonds is 3. The van der Waals surface area contributed by atoms with Gasteiger partial charge in [0.15, 0.2) is 0 Å². The molecule has 1 aliphatic rings. The van der Waals surface area contributed by atoms with E-state index >= 15 is 0 Å². The van der Waals surface area contributed by atoms with E-state index in [1.807, 2.05) is 48.5 Å². The van der Waals surface area contributed by atoms with E-state index in [9.17, 15) is 4.79 Å². The number of amides is 1. The summed E-state index contributed by atoms with van der Waals surface area (Å²) >= 11 is 0. The van der Waals surface area contributed by atoms with E-state index < -0.39 is 0 Å². The van der Waals surface area contributed by atoms with Gasteiger partial charge in [-0.3, -0.25) is 15.1 Å². The summed E-state index contributed by atoms with van der Waals surface area (Å²) in [7, 11) is 0. The molecule has 0 fully saturated rings. The van der Waals surface area contributed by atoms with Crippen molar-refractivity contribution in [2.75, 3.05) is 11.9 Å². The van der Waals surface area contributed by atoms with Crippen molar-refractivity contribution in [1.82, 2.24) is 24.6 Å². The predicted molar refractivity (Wildman–Crippen MR) is 102 cm³/mol. The quantitative estimate of drug-likeness (QED) is 0.593. The third kappa shape index (κ3) is 2.94. The number of pyridine rings is 1. The van der Waals surface area contributed by atoms with Crippen LogP contribution in [0.3, 0.4) is 0 Å². The smallest absolute Gasteiger partial charge is 0.254 e. The number of anilines is 1. The van der Waals surface area contributed by atoms with Crippen LogP contribution in [0.2, 0.25) is 0 Å². The first kappa shape index (κ1) is 16.4. The zero-order valence-corrected chi connectivity index (χ0v) is 14.8. The molecule has 1 N–H and O–H groups in total. The standard InChI is InChI=1S/C20H16N6O2/c27-18(14-11-13-5-1-2-7-17(13)28-12-14)23-19-24-20-22-10-8-16(26(20)25-19)15-6-3-4-9-21-15/h1-10,14H,11-12H2,(H,23,25,27). The fourth-order valence-corrected chi connectivity index (χ4v) is 3.26. The lowest BCUT2D eigenvalue weighted by Gasteiger charge is -2.23. The molecule has 0 aliphatic carbocycles. The van der Waals surface area contributed by atoms with Crippen LogP contribution in [0, 0.1) is 5.92 Å². The molecule has 4 heterocycles. The molecule has 1 atom stereocenters. The van der Waals surface area contributed by atoms with Crippen molar-refractivity contribution in [3.05, 3.63) is 66.5 Å². The predicted octanol–water partition coefficient (Wildman–Crippen LogP) is 2.38. The number of aromatic nitrogens is 5. The van der Waals surface area contributed by atoms with Crippen molar-refractivity contribution in [1.29, 1.82) is 0 Å². The summed E-state index contributed by atoms with van der Waals surface area (Å²) in [6.07, 6.45) is 3.97. The van der Waals surface area contributed by atoms with Crippen molar-refractivity contribution in [2.45, 2.75) is 6.42 Å². The molecule has 138 valence electrons. The highest BCUT2D eigenvalue weighted by Gasteiger charge is 2.26. The van der Waals surface area contributed by atoms with Crippen LogP contribution in [0.5, 0.6) is 5.75 Å². The van der Waals surface area contributed by atoms with E-state index in [1.165, 1.54) is 0 Å². The Balaban J connectivity index is 1.40. The molecule has 5 rings (SSSR count). The summed E-state index contributed by atoms with van der Waals surface area (Å²) in [5, 5.41) is 7.19. The topological polar surface area (TPSA) is 94.3 Å². The van der Waals surface area contributed by atoms with Gasteiger partial charge in [0.25, 0.3) is 11.7 Å². The first-order valence-corrected chi connectivity index (χ1v) is 8.93. The summed E-state index contributed by atoms with van der Waals surface area (Å²) in [5.41, 5.74) is 2.51. The first-order chi connectivity index (χ1) is 13.8. The molecule has 0 spiro atoms. The van der Waals surface area contributed by atoms with Gasteiger partial charge in [-0.2, -0.15) is 9.50 Å². The normalized spacial score (nSPS) is 15.6. The Hall–Kier alpha value is -3.81. The van der Waals surface area contributed by atoms with Gasteiger partial charge in [0.05, 0.1) is 17.3 Å². The molecule has 0 bridgehead atoms. The van der Waals surface area contributed by atoms with Crippen molar-refractivity contribution < 1.29 is 9.53 Å². The van der Waals surface area contributed by atoms with E-state index in [4.69, 9.17) is 4.74 Å². The van der Waals surface area contributed by atoms with Crippen LogP contribution >= 0.6 is 0 Å². The van der Waals surface area contributed by atoms with Crippen LogP contribution in [0.1, 0.15) is 5.56 Å². The Bertz CT molecular complexity index is 1160. The number of para-hydroxylation sites is 1. The maximum absolute atomic E-state index is 12.7. The molecular weight excluding hydrogens is 356 g/mol. The molecule has 1 amide bonds. The lowest BCUT2D eigenvalue weighted by molar-refractivity contribution is -0.121. The highest BCUT2D eigenvalue weighted by molar-refractivity contribution is 5.91. The Morgan fingerprint density at radius 1 is 1.07 bits per heavy atom. The Kier molecular flexibility index (Phi) is 3.93. The van der Waals surface area contributed by atoms with Gasteiger partial charge < -0.3 is 4.74 Å². The number of ether oxygens (including phenoxy) is 1. The monoisotopic (exact) mass is 372 g/mol. The highest BCUT2D eigenvalue weighted by atomic mass is 16.5. The fraction of sp³-hybridized carbons (Fsp3) is 0.150. The van der Waals surface area contributed by atoms with E-state index in [1.54, 1.807) is 16.9 Å². The van der Waals surface area contributed by atoms with E-state index in [-0.39, 0.29) is 17.8 Å². The number of hydrogen-bond acceptors (Lipinski definition) is 6. The lowest BCUT2D eigenvalue weighted by atomic mass is 9.96. The molecule has 8 nitrogen and oxygen atoms in total. The zero-order chi connectivity index (χ0) is 18.9. The van der Waals surface area contributed by atoms with Crippen molar-refractivity contribution in [2.24, 2.45) is 5.92 Å². The van der Waals surface area contributed by atoms with Gasteiger partial charge in [0.1, 0.15) is 12.4 Å². The van der Waals surface area contributed by atoms with E-state index in [2.05, 4.69) is 25.4 Å². The molecular formula is C20H16N6O2. The molecule has 3 aromatic heterocycles. The third-order valence-electron chi connectivity index (χ3n) is 4.65. The first-order valence-electron chi connectivity index (χ1n) is 8.93. The summed E-state index contributed by atoms with van der Waals surface area (Å²) in [6.45, 7) is 0.327. The maximum Gasteiger partial charge on any atom is 0.254 e. The third-order valence-corrected chi connectivity index (χ3v) is 4.65. The molecule has 28 heavy (non-hydrogen) atoms. The lowest BCUT2D eigenvalue weighted by Crippen LogP contribution is -2.32. The molecule has 4 aromatic rings. The molecule has 1 unspecified atom stereocenters. The molecule has 1 aliphatic heterocycles. The molecule has 0 saturated heterocycles. The van der Waals surface area contributed by atoms with Crippen molar-refractivity contribution in [3.63, 3.8) is 0 Å². The van der Waals surface area contributed by atoms with Crippen LogP contribution in [0.25, 0.3) is 17.2 Å². The highest BCUT2D eigenvalue weighted by Crippen LogP contribution is 2.27. The van der Waals surface area contributed by atoms with Crippen LogP contribution < -0.4 is 10.1 Å². The second-order valence-corrected chi connectivity index (χ2v) is 6.50.